The minimum absolute atomic E-state index is 0.0268. The highest BCUT2D eigenvalue weighted by Gasteiger charge is 2.58. The smallest absolute Gasteiger partial charge is 0.416 e. The highest BCUT2D eigenvalue weighted by atomic mass is 19.4. The van der Waals surface area contributed by atoms with Crippen molar-refractivity contribution in [1.82, 2.24) is 5.32 Å². The molecule has 0 aromatic heterocycles. The van der Waals surface area contributed by atoms with E-state index in [2.05, 4.69) is 5.32 Å². The number of benzene rings is 2. The predicted molar refractivity (Wildman–Crippen MR) is 148 cm³/mol. The number of alkyl halides is 3. The van der Waals surface area contributed by atoms with Crippen molar-refractivity contribution >= 4 is 5.97 Å². The molecular weight excluding hydrogens is 534 g/mol. The molecule has 4 aliphatic rings. The maximum absolute atomic E-state index is 15.3. The molecule has 4 atom stereocenters. The lowest BCUT2D eigenvalue weighted by molar-refractivity contribution is -0.138. The van der Waals surface area contributed by atoms with Crippen LogP contribution in [0, 0.1) is 17.7 Å². The van der Waals surface area contributed by atoms with Gasteiger partial charge in [0.2, 0.25) is 0 Å². The number of carbonyl (C=O) groups is 1. The molecule has 41 heavy (non-hydrogen) atoms. The van der Waals surface area contributed by atoms with Gasteiger partial charge >= 0.3 is 12.1 Å². The van der Waals surface area contributed by atoms with E-state index in [1.165, 1.54) is 12.8 Å². The zero-order chi connectivity index (χ0) is 28.8. The van der Waals surface area contributed by atoms with E-state index in [9.17, 15) is 23.1 Å². The second kappa shape index (κ2) is 11.2. The molecule has 222 valence electrons. The van der Waals surface area contributed by atoms with Crippen molar-refractivity contribution in [2.45, 2.75) is 113 Å². The number of carboxylic acid groups (broad SMARTS) is 1. The van der Waals surface area contributed by atoms with Crippen LogP contribution in [0.15, 0.2) is 36.4 Å². The van der Waals surface area contributed by atoms with Gasteiger partial charge in [-0.15, -0.1) is 0 Å². The summed E-state index contributed by atoms with van der Waals surface area (Å²) in [6.45, 7) is 0. The number of hydrogen-bond donors (Lipinski definition) is 2. The maximum atomic E-state index is 15.3. The van der Waals surface area contributed by atoms with Crippen LogP contribution in [0.2, 0.25) is 0 Å². The fraction of sp³-hybridized carbons (Fsp3) is 0.606. The summed E-state index contributed by atoms with van der Waals surface area (Å²) in [4.78, 5) is 11.5. The molecule has 0 radical (unpaired) electrons. The van der Waals surface area contributed by atoms with Gasteiger partial charge in [0.15, 0.2) is 11.6 Å². The van der Waals surface area contributed by atoms with Gasteiger partial charge in [-0.25, -0.2) is 9.18 Å². The number of rotatable bonds is 4. The van der Waals surface area contributed by atoms with Crippen LogP contribution in [0.1, 0.15) is 117 Å². The molecule has 4 nitrogen and oxygen atoms in total. The Labute approximate surface area is 238 Å². The van der Waals surface area contributed by atoms with Crippen molar-refractivity contribution < 1.29 is 32.2 Å². The number of fused-ring (bicyclic) bond motifs is 2. The van der Waals surface area contributed by atoms with Crippen LogP contribution < -0.4 is 10.1 Å². The molecule has 2 aromatic carbocycles. The van der Waals surface area contributed by atoms with Crippen LogP contribution >= 0.6 is 0 Å². The first-order valence-electron chi connectivity index (χ1n) is 15.4. The molecule has 0 bridgehead atoms. The molecule has 2 N–H and O–H groups in total. The topological polar surface area (TPSA) is 58.6 Å². The van der Waals surface area contributed by atoms with Crippen molar-refractivity contribution in [2.24, 2.45) is 11.8 Å². The first kappa shape index (κ1) is 28.5. The van der Waals surface area contributed by atoms with Gasteiger partial charge in [0.05, 0.1) is 11.1 Å². The van der Waals surface area contributed by atoms with Gasteiger partial charge in [-0.3, -0.25) is 0 Å². The highest BCUT2D eigenvalue weighted by Crippen LogP contribution is 2.58. The van der Waals surface area contributed by atoms with Crippen LogP contribution in [-0.2, 0) is 11.6 Å². The summed E-state index contributed by atoms with van der Waals surface area (Å²) in [6.07, 6.45) is 7.02. The Morgan fingerprint density at radius 1 is 0.902 bits per heavy atom. The van der Waals surface area contributed by atoms with Gasteiger partial charge in [-0.2, -0.15) is 13.2 Å². The van der Waals surface area contributed by atoms with Crippen LogP contribution in [0.3, 0.4) is 0 Å². The summed E-state index contributed by atoms with van der Waals surface area (Å²) in [5, 5.41) is 13.2. The second-order valence-electron chi connectivity index (χ2n) is 12.7. The summed E-state index contributed by atoms with van der Waals surface area (Å²) < 4.78 is 64.8. The van der Waals surface area contributed by atoms with E-state index in [0.717, 1.165) is 75.5 Å². The van der Waals surface area contributed by atoms with Crippen molar-refractivity contribution in [3.8, 4) is 5.75 Å². The largest absolute Gasteiger partial charge is 0.484 e. The van der Waals surface area contributed by atoms with Crippen molar-refractivity contribution in [3.63, 3.8) is 0 Å². The number of aromatic carboxylic acids is 1. The first-order valence-corrected chi connectivity index (χ1v) is 15.4. The Balaban J connectivity index is 1.41. The minimum Gasteiger partial charge on any atom is -0.484 e. The van der Waals surface area contributed by atoms with E-state index < -0.39 is 35.0 Å². The van der Waals surface area contributed by atoms with Gasteiger partial charge in [0.1, 0.15) is 6.10 Å². The number of nitrogens with one attached hydrogen (secondary N) is 1. The Morgan fingerprint density at radius 3 is 2.15 bits per heavy atom. The van der Waals surface area contributed by atoms with Gasteiger partial charge in [-0.1, -0.05) is 76.3 Å². The molecule has 1 saturated heterocycles. The van der Waals surface area contributed by atoms with Crippen LogP contribution in [0.25, 0.3) is 0 Å². The van der Waals surface area contributed by atoms with Crippen molar-refractivity contribution in [2.75, 3.05) is 0 Å². The van der Waals surface area contributed by atoms with Crippen molar-refractivity contribution in [3.05, 3.63) is 64.5 Å². The molecule has 2 saturated carbocycles. The lowest BCUT2D eigenvalue weighted by Gasteiger charge is -2.38. The zero-order valence-electron chi connectivity index (χ0n) is 23.3. The molecule has 3 fully saturated rings. The molecule has 6 rings (SSSR count). The summed E-state index contributed by atoms with van der Waals surface area (Å²) in [6, 6.07) is 8.44. The Bertz CT molecular complexity index is 1240. The third-order valence-electron chi connectivity index (χ3n) is 10.4. The van der Waals surface area contributed by atoms with Gasteiger partial charge in [-0.05, 0) is 60.9 Å². The van der Waals surface area contributed by atoms with E-state index in [-0.39, 0.29) is 34.9 Å². The number of hydrogen-bond acceptors (Lipinski definition) is 3. The van der Waals surface area contributed by atoms with Gasteiger partial charge in [0.25, 0.3) is 0 Å². The molecule has 0 amide bonds. The number of ether oxygens (including phenoxy) is 1. The SMILES string of the molecule is O=C(O)c1ccc(C2NC(C3Oc4c(F)ccc(C(F)(F)F)c4C34CCCCCC4)CC2C2CCCCCC2)cc1. The molecule has 2 aliphatic heterocycles. The number of halogens is 4. The van der Waals surface area contributed by atoms with E-state index in [1.807, 2.05) is 12.1 Å². The molecule has 2 heterocycles. The quantitative estimate of drug-likeness (QED) is 0.284. The third-order valence-corrected chi connectivity index (χ3v) is 10.4. The summed E-state index contributed by atoms with van der Waals surface area (Å²) in [5.74, 6) is -1.23. The van der Waals surface area contributed by atoms with E-state index in [1.54, 1.807) is 12.1 Å². The molecule has 8 heteroatoms. The van der Waals surface area contributed by atoms with Crippen LogP contribution in [-0.4, -0.2) is 23.2 Å². The average Bonchev–Trinajstić information content (AvgIpc) is 3.25. The van der Waals surface area contributed by atoms with E-state index in [4.69, 9.17) is 4.74 Å². The molecular formula is C33H39F4NO3. The summed E-state index contributed by atoms with van der Waals surface area (Å²) in [7, 11) is 0. The summed E-state index contributed by atoms with van der Waals surface area (Å²) >= 11 is 0. The van der Waals surface area contributed by atoms with Gasteiger partial charge < -0.3 is 15.2 Å². The van der Waals surface area contributed by atoms with Crippen LogP contribution in [0.5, 0.6) is 5.75 Å². The average molecular weight is 574 g/mol. The second-order valence-corrected chi connectivity index (χ2v) is 12.7. The van der Waals surface area contributed by atoms with Gasteiger partial charge in [0, 0.05) is 23.1 Å². The zero-order valence-corrected chi connectivity index (χ0v) is 23.3. The van der Waals surface area contributed by atoms with Crippen molar-refractivity contribution in [1.29, 1.82) is 0 Å². The Morgan fingerprint density at radius 2 is 1.54 bits per heavy atom. The third kappa shape index (κ3) is 5.26. The van der Waals surface area contributed by atoms with E-state index >= 15 is 4.39 Å². The first-order chi connectivity index (χ1) is 19.7. The molecule has 4 unspecified atom stereocenters. The van der Waals surface area contributed by atoms with E-state index in [0.29, 0.717) is 18.8 Å². The van der Waals surface area contributed by atoms with Crippen LogP contribution in [0.4, 0.5) is 17.6 Å². The predicted octanol–water partition coefficient (Wildman–Crippen LogP) is 8.59. The molecule has 1 spiro atoms. The Kier molecular flexibility index (Phi) is 7.81. The fourth-order valence-electron chi connectivity index (χ4n) is 8.59. The monoisotopic (exact) mass is 573 g/mol. The fourth-order valence-corrected chi connectivity index (χ4v) is 8.59. The number of carboxylic acids is 1. The standard InChI is InChI=1S/C33H39F4NO3/c34-25-16-15-24(33(35,36)37)27-29(25)41-30(32(27)17-7-3-4-8-18-32)26-19-23(20-9-5-1-2-6-10-20)28(38-26)21-11-13-22(14-12-21)31(39)40/h11-16,20,23,26,28,30,38H,1-10,17-19H2,(H,39,40). The lowest BCUT2D eigenvalue weighted by Crippen LogP contribution is -2.50. The Hall–Kier alpha value is -2.61. The minimum atomic E-state index is -4.60. The normalized spacial score (nSPS) is 28.6. The molecule has 2 aliphatic carbocycles. The summed E-state index contributed by atoms with van der Waals surface area (Å²) in [5.41, 5.74) is -0.445. The lowest BCUT2D eigenvalue weighted by atomic mass is 9.67. The maximum Gasteiger partial charge on any atom is 0.416 e. The highest BCUT2D eigenvalue weighted by molar-refractivity contribution is 5.87. The molecule has 2 aromatic rings.